The number of carbonyl (C=O) groups excluding carboxylic acids is 1. The van der Waals surface area contributed by atoms with Crippen LogP contribution in [-0.4, -0.2) is 10.9 Å². The number of aldehydes is 1. The zero-order chi connectivity index (χ0) is 10.7. The molecule has 0 radical (unpaired) electrons. The molecule has 1 aliphatic rings. The first-order chi connectivity index (χ1) is 7.35. The van der Waals surface area contributed by atoms with Crippen LogP contribution >= 0.6 is 0 Å². The molecule has 1 heterocycles. The summed E-state index contributed by atoms with van der Waals surface area (Å²) in [7, 11) is 0. The number of aromatic nitrogens is 1. The minimum Gasteiger partial charge on any atom is -0.342 e. The van der Waals surface area contributed by atoms with Crippen LogP contribution < -0.4 is 0 Å². The van der Waals surface area contributed by atoms with Gasteiger partial charge in [-0.15, -0.1) is 0 Å². The van der Waals surface area contributed by atoms with Crippen LogP contribution in [0, 0.1) is 5.92 Å². The number of nitrogens with zero attached hydrogens (tertiary/aromatic N) is 1. The lowest BCUT2D eigenvalue weighted by molar-refractivity contribution is 0.111. The van der Waals surface area contributed by atoms with E-state index in [1.54, 1.807) is 0 Å². The van der Waals surface area contributed by atoms with E-state index >= 15 is 0 Å². The summed E-state index contributed by atoms with van der Waals surface area (Å²) in [5.74, 6) is 0.852. The predicted octanol–water partition coefficient (Wildman–Crippen LogP) is 3.44. The summed E-state index contributed by atoms with van der Waals surface area (Å²) >= 11 is 0. The molecule has 0 spiro atoms. The Kier molecular flexibility index (Phi) is 3.24. The molecule has 2 rings (SSSR count). The third kappa shape index (κ3) is 2.14. The summed E-state index contributed by atoms with van der Waals surface area (Å²) in [5, 5.41) is 0. The second-order valence-corrected chi connectivity index (χ2v) is 4.55. The SMILES string of the molecule is CCC1CCCC(n2cccc2C=O)C1. The van der Waals surface area contributed by atoms with Crippen molar-refractivity contribution in [2.45, 2.75) is 45.1 Å². The fourth-order valence-electron chi connectivity index (χ4n) is 2.73. The highest BCUT2D eigenvalue weighted by atomic mass is 16.1. The molecule has 1 aromatic rings. The maximum absolute atomic E-state index is 10.9. The van der Waals surface area contributed by atoms with Crippen molar-refractivity contribution in [2.75, 3.05) is 0 Å². The second-order valence-electron chi connectivity index (χ2n) is 4.55. The summed E-state index contributed by atoms with van der Waals surface area (Å²) in [6.45, 7) is 2.27. The fraction of sp³-hybridized carbons (Fsp3) is 0.615. The highest BCUT2D eigenvalue weighted by Crippen LogP contribution is 2.34. The first kappa shape index (κ1) is 10.5. The summed E-state index contributed by atoms with van der Waals surface area (Å²) in [4.78, 5) is 10.9. The van der Waals surface area contributed by atoms with Crippen molar-refractivity contribution in [3.63, 3.8) is 0 Å². The van der Waals surface area contributed by atoms with Crippen molar-refractivity contribution in [3.05, 3.63) is 24.0 Å². The molecule has 2 atom stereocenters. The van der Waals surface area contributed by atoms with E-state index in [4.69, 9.17) is 0 Å². The van der Waals surface area contributed by atoms with Crippen LogP contribution in [0.5, 0.6) is 0 Å². The van der Waals surface area contributed by atoms with Crippen molar-refractivity contribution in [2.24, 2.45) is 5.92 Å². The van der Waals surface area contributed by atoms with Gasteiger partial charge in [0.1, 0.15) is 0 Å². The predicted molar refractivity (Wildman–Crippen MR) is 61.1 cm³/mol. The number of rotatable bonds is 3. The van der Waals surface area contributed by atoms with Gasteiger partial charge in [-0.1, -0.05) is 26.2 Å². The topological polar surface area (TPSA) is 22.0 Å². The average Bonchev–Trinajstić information content (AvgIpc) is 2.77. The molecule has 1 saturated carbocycles. The van der Waals surface area contributed by atoms with Crippen molar-refractivity contribution in [1.29, 1.82) is 0 Å². The van der Waals surface area contributed by atoms with E-state index in [2.05, 4.69) is 11.5 Å². The molecular formula is C13H19NO. The monoisotopic (exact) mass is 205 g/mol. The van der Waals surface area contributed by atoms with Gasteiger partial charge in [-0.25, -0.2) is 0 Å². The Balaban J connectivity index is 2.12. The lowest BCUT2D eigenvalue weighted by Gasteiger charge is -2.30. The highest BCUT2D eigenvalue weighted by molar-refractivity contribution is 5.72. The summed E-state index contributed by atoms with van der Waals surface area (Å²) < 4.78 is 2.16. The summed E-state index contributed by atoms with van der Waals surface area (Å²) in [5.41, 5.74) is 0.830. The number of hydrogen-bond donors (Lipinski definition) is 0. The maximum atomic E-state index is 10.9. The molecule has 0 N–H and O–H groups in total. The Morgan fingerprint density at radius 1 is 1.53 bits per heavy atom. The quantitative estimate of drug-likeness (QED) is 0.693. The van der Waals surface area contributed by atoms with E-state index in [1.807, 2.05) is 18.3 Å². The summed E-state index contributed by atoms with van der Waals surface area (Å²) in [6, 6.07) is 4.43. The van der Waals surface area contributed by atoms with Crippen LogP contribution in [0.2, 0.25) is 0 Å². The minimum absolute atomic E-state index is 0.555. The van der Waals surface area contributed by atoms with Gasteiger partial charge in [-0.3, -0.25) is 4.79 Å². The van der Waals surface area contributed by atoms with Crippen LogP contribution in [0.1, 0.15) is 55.6 Å². The van der Waals surface area contributed by atoms with Crippen molar-refractivity contribution in [1.82, 2.24) is 4.57 Å². The van der Waals surface area contributed by atoms with Gasteiger partial charge in [0.05, 0.1) is 5.69 Å². The van der Waals surface area contributed by atoms with E-state index < -0.39 is 0 Å². The first-order valence-corrected chi connectivity index (χ1v) is 5.97. The van der Waals surface area contributed by atoms with E-state index in [0.29, 0.717) is 6.04 Å². The molecule has 1 fully saturated rings. The lowest BCUT2D eigenvalue weighted by Crippen LogP contribution is -2.19. The Morgan fingerprint density at radius 3 is 3.13 bits per heavy atom. The standard InChI is InChI=1S/C13H19NO/c1-2-11-5-3-6-12(9-11)14-8-4-7-13(14)10-15/h4,7-8,10-12H,2-3,5-6,9H2,1H3. The van der Waals surface area contributed by atoms with Gasteiger partial charge in [-0.2, -0.15) is 0 Å². The number of hydrogen-bond acceptors (Lipinski definition) is 1. The maximum Gasteiger partial charge on any atom is 0.166 e. The molecule has 0 aromatic carbocycles. The van der Waals surface area contributed by atoms with Crippen LogP contribution in [0.15, 0.2) is 18.3 Å². The molecule has 0 aliphatic heterocycles. The summed E-state index contributed by atoms with van der Waals surface area (Å²) in [6.07, 6.45) is 9.43. The lowest BCUT2D eigenvalue weighted by atomic mass is 9.84. The third-order valence-electron chi connectivity index (χ3n) is 3.66. The molecule has 2 nitrogen and oxygen atoms in total. The molecule has 2 heteroatoms. The molecule has 0 saturated heterocycles. The second kappa shape index (κ2) is 4.65. The molecule has 0 bridgehead atoms. The van der Waals surface area contributed by atoms with Crippen LogP contribution in [0.4, 0.5) is 0 Å². The first-order valence-electron chi connectivity index (χ1n) is 5.97. The van der Waals surface area contributed by atoms with Gasteiger partial charge in [0, 0.05) is 12.2 Å². The van der Waals surface area contributed by atoms with E-state index in [9.17, 15) is 4.79 Å². The molecule has 15 heavy (non-hydrogen) atoms. The van der Waals surface area contributed by atoms with Gasteiger partial charge in [0.2, 0.25) is 0 Å². The van der Waals surface area contributed by atoms with Gasteiger partial charge >= 0.3 is 0 Å². The van der Waals surface area contributed by atoms with E-state index in [0.717, 1.165) is 17.9 Å². The zero-order valence-corrected chi connectivity index (χ0v) is 9.36. The Labute approximate surface area is 91.3 Å². The molecule has 0 amide bonds. The van der Waals surface area contributed by atoms with Gasteiger partial charge in [0.25, 0.3) is 0 Å². The molecule has 82 valence electrons. The Morgan fingerprint density at radius 2 is 2.40 bits per heavy atom. The normalized spacial score (nSPS) is 26.5. The van der Waals surface area contributed by atoms with Crippen molar-refractivity contribution < 1.29 is 4.79 Å². The van der Waals surface area contributed by atoms with Gasteiger partial charge in [0.15, 0.2) is 6.29 Å². The molecular weight excluding hydrogens is 186 g/mol. The van der Waals surface area contributed by atoms with E-state index in [1.165, 1.54) is 32.1 Å². The minimum atomic E-state index is 0.555. The van der Waals surface area contributed by atoms with E-state index in [-0.39, 0.29) is 0 Å². The largest absolute Gasteiger partial charge is 0.342 e. The van der Waals surface area contributed by atoms with Gasteiger partial charge in [-0.05, 0) is 30.9 Å². The Hall–Kier alpha value is -1.05. The molecule has 1 aliphatic carbocycles. The number of carbonyl (C=O) groups is 1. The smallest absolute Gasteiger partial charge is 0.166 e. The van der Waals surface area contributed by atoms with Crippen molar-refractivity contribution >= 4 is 6.29 Å². The van der Waals surface area contributed by atoms with Crippen LogP contribution in [0.25, 0.3) is 0 Å². The third-order valence-corrected chi connectivity index (χ3v) is 3.66. The van der Waals surface area contributed by atoms with Crippen molar-refractivity contribution in [3.8, 4) is 0 Å². The Bertz CT molecular complexity index is 329. The van der Waals surface area contributed by atoms with Crippen LogP contribution in [-0.2, 0) is 0 Å². The molecule has 1 aromatic heterocycles. The molecule has 2 unspecified atom stereocenters. The fourth-order valence-corrected chi connectivity index (χ4v) is 2.73. The zero-order valence-electron chi connectivity index (χ0n) is 9.36. The highest BCUT2D eigenvalue weighted by Gasteiger charge is 2.22. The average molecular weight is 205 g/mol. The van der Waals surface area contributed by atoms with Gasteiger partial charge < -0.3 is 4.57 Å². The van der Waals surface area contributed by atoms with Crippen LogP contribution in [0.3, 0.4) is 0 Å².